The topological polar surface area (TPSA) is 58.4 Å². The molecule has 1 fully saturated rings. The molecule has 0 bridgehead atoms. The summed E-state index contributed by atoms with van der Waals surface area (Å²) in [5.74, 6) is 0.200. The first-order valence-electron chi connectivity index (χ1n) is 10.9. The van der Waals surface area contributed by atoms with Gasteiger partial charge in [0.05, 0.1) is 0 Å². The van der Waals surface area contributed by atoms with Crippen LogP contribution >= 0.6 is 11.8 Å². The van der Waals surface area contributed by atoms with Crippen molar-refractivity contribution in [2.75, 3.05) is 32.4 Å². The predicted octanol–water partition coefficient (Wildman–Crippen LogP) is 3.90. The first-order chi connectivity index (χ1) is 15.7. The molecular weight excluding hydrogens is 420 g/mol. The number of piperazine rings is 1. The number of aromatic nitrogens is 2. The summed E-state index contributed by atoms with van der Waals surface area (Å²) in [6.07, 6.45) is 8.00. The smallest absolute Gasteiger partial charge is 0.253 e. The van der Waals surface area contributed by atoms with E-state index in [9.17, 15) is 9.59 Å². The predicted molar refractivity (Wildman–Crippen MR) is 127 cm³/mol. The lowest BCUT2D eigenvalue weighted by Gasteiger charge is -2.35. The van der Waals surface area contributed by atoms with Gasteiger partial charge in [-0.2, -0.15) is 0 Å². The zero-order valence-corrected chi connectivity index (χ0v) is 19.1. The molecule has 1 aliphatic rings. The highest BCUT2D eigenvalue weighted by Gasteiger charge is 2.24. The first kappa shape index (κ1) is 22.1. The molecule has 0 N–H and O–H groups in total. The monoisotopic (exact) mass is 448 g/mol. The Bertz CT molecular complexity index is 1040. The maximum atomic E-state index is 12.9. The molecule has 1 aliphatic heterocycles. The maximum Gasteiger partial charge on any atom is 0.253 e. The van der Waals surface area contributed by atoms with E-state index in [1.54, 1.807) is 18.0 Å². The van der Waals surface area contributed by atoms with Crippen LogP contribution in [0.2, 0.25) is 0 Å². The van der Waals surface area contributed by atoms with E-state index >= 15 is 0 Å². The van der Waals surface area contributed by atoms with E-state index in [0.29, 0.717) is 38.2 Å². The van der Waals surface area contributed by atoms with Crippen molar-refractivity contribution < 1.29 is 9.59 Å². The zero-order chi connectivity index (χ0) is 22.3. The van der Waals surface area contributed by atoms with Gasteiger partial charge in [-0.15, -0.1) is 0 Å². The van der Waals surface area contributed by atoms with Gasteiger partial charge in [0, 0.05) is 56.2 Å². The van der Waals surface area contributed by atoms with E-state index < -0.39 is 0 Å². The molecular formula is C25H28N4O2S. The maximum absolute atomic E-state index is 12.9. The molecule has 2 amide bonds. The summed E-state index contributed by atoms with van der Waals surface area (Å²) in [5.41, 5.74) is 2.91. The fraction of sp³-hybridized carbons (Fsp3) is 0.320. The number of nitrogens with zero attached hydrogens (tertiary/aromatic N) is 4. The highest BCUT2D eigenvalue weighted by atomic mass is 32.2. The van der Waals surface area contributed by atoms with Crippen molar-refractivity contribution in [3.05, 3.63) is 78.1 Å². The average Bonchev–Trinajstić information content (AvgIpc) is 3.33. The van der Waals surface area contributed by atoms with Crippen molar-refractivity contribution in [1.82, 2.24) is 19.4 Å². The molecule has 32 heavy (non-hydrogen) atoms. The SMILES string of the molecule is CSc1nccn1-c1ccc(C(=O)N2CCN(C(=O)CCCc3ccccc3)CC2)cc1. The lowest BCUT2D eigenvalue weighted by Crippen LogP contribution is -2.50. The highest BCUT2D eigenvalue weighted by molar-refractivity contribution is 7.98. The van der Waals surface area contributed by atoms with E-state index in [1.807, 2.05) is 69.3 Å². The molecule has 6 nitrogen and oxygen atoms in total. The number of carbonyl (C=O) groups is 2. The quantitative estimate of drug-likeness (QED) is 0.515. The molecule has 0 aliphatic carbocycles. The number of thioether (sulfide) groups is 1. The number of hydrogen-bond donors (Lipinski definition) is 0. The lowest BCUT2D eigenvalue weighted by molar-refractivity contribution is -0.132. The van der Waals surface area contributed by atoms with E-state index in [1.165, 1.54) is 5.56 Å². The summed E-state index contributed by atoms with van der Waals surface area (Å²) in [5, 5.41) is 0.911. The minimum atomic E-state index is 0.0171. The second-order valence-corrected chi connectivity index (χ2v) is 8.62. The number of carbonyl (C=O) groups excluding carboxylic acids is 2. The largest absolute Gasteiger partial charge is 0.339 e. The van der Waals surface area contributed by atoms with Crippen LogP contribution in [-0.2, 0) is 11.2 Å². The van der Waals surface area contributed by atoms with Gasteiger partial charge in [0.1, 0.15) is 0 Å². The average molecular weight is 449 g/mol. The van der Waals surface area contributed by atoms with Crippen molar-refractivity contribution >= 4 is 23.6 Å². The molecule has 3 aromatic rings. The molecule has 0 unspecified atom stereocenters. The Balaban J connectivity index is 1.26. The van der Waals surface area contributed by atoms with E-state index in [2.05, 4.69) is 17.1 Å². The van der Waals surface area contributed by atoms with Gasteiger partial charge in [-0.05, 0) is 48.9 Å². The first-order valence-corrected chi connectivity index (χ1v) is 12.2. The molecule has 0 radical (unpaired) electrons. The Labute approximate surface area is 193 Å². The Hall–Kier alpha value is -3.06. The minimum Gasteiger partial charge on any atom is -0.339 e. The summed E-state index contributed by atoms with van der Waals surface area (Å²) in [6.45, 7) is 2.34. The van der Waals surface area contributed by atoms with Gasteiger partial charge in [-0.25, -0.2) is 4.98 Å². The Morgan fingerprint density at radius 1 is 0.938 bits per heavy atom. The van der Waals surface area contributed by atoms with Crippen LogP contribution in [0.15, 0.2) is 72.1 Å². The Kier molecular flexibility index (Phi) is 7.27. The highest BCUT2D eigenvalue weighted by Crippen LogP contribution is 2.19. The molecule has 166 valence electrons. The van der Waals surface area contributed by atoms with Gasteiger partial charge in [-0.1, -0.05) is 42.1 Å². The van der Waals surface area contributed by atoms with Gasteiger partial charge in [0.25, 0.3) is 5.91 Å². The number of amides is 2. The van der Waals surface area contributed by atoms with Crippen molar-refractivity contribution in [1.29, 1.82) is 0 Å². The molecule has 0 saturated carbocycles. The lowest BCUT2D eigenvalue weighted by atomic mass is 10.1. The van der Waals surface area contributed by atoms with Crippen LogP contribution in [0.1, 0.15) is 28.8 Å². The molecule has 4 rings (SSSR count). The van der Waals surface area contributed by atoms with E-state index in [4.69, 9.17) is 0 Å². The summed E-state index contributed by atoms with van der Waals surface area (Å²) in [6, 6.07) is 17.9. The number of hydrogen-bond acceptors (Lipinski definition) is 4. The fourth-order valence-electron chi connectivity index (χ4n) is 3.99. The van der Waals surface area contributed by atoms with Crippen LogP contribution in [0.3, 0.4) is 0 Å². The standard InChI is InChI=1S/C25H28N4O2S/c1-32-25-26-14-15-29(25)22-12-10-21(11-13-22)24(31)28-18-16-27(17-19-28)23(30)9-5-8-20-6-3-2-4-7-20/h2-4,6-7,10-15H,5,8-9,16-19H2,1H3. The van der Waals surface area contributed by atoms with Gasteiger partial charge in [0.15, 0.2) is 5.16 Å². The number of rotatable bonds is 7. The van der Waals surface area contributed by atoms with Crippen LogP contribution in [0.4, 0.5) is 0 Å². The number of aryl methyl sites for hydroxylation is 1. The number of imidazole rings is 1. The second-order valence-electron chi connectivity index (χ2n) is 7.84. The summed E-state index contributed by atoms with van der Waals surface area (Å²) in [4.78, 5) is 33.5. The summed E-state index contributed by atoms with van der Waals surface area (Å²) < 4.78 is 2.00. The molecule has 0 atom stereocenters. The molecule has 2 aromatic carbocycles. The van der Waals surface area contributed by atoms with Crippen LogP contribution in [0.25, 0.3) is 5.69 Å². The Morgan fingerprint density at radius 3 is 2.31 bits per heavy atom. The minimum absolute atomic E-state index is 0.0171. The van der Waals surface area contributed by atoms with Crippen LogP contribution in [0, 0.1) is 0 Å². The van der Waals surface area contributed by atoms with Crippen molar-refractivity contribution in [2.24, 2.45) is 0 Å². The third kappa shape index (κ3) is 5.22. The summed E-state index contributed by atoms with van der Waals surface area (Å²) >= 11 is 1.58. The van der Waals surface area contributed by atoms with E-state index in [-0.39, 0.29) is 11.8 Å². The van der Waals surface area contributed by atoms with Crippen molar-refractivity contribution in [3.8, 4) is 5.69 Å². The Morgan fingerprint density at radius 2 is 1.62 bits per heavy atom. The summed E-state index contributed by atoms with van der Waals surface area (Å²) in [7, 11) is 0. The third-order valence-electron chi connectivity index (χ3n) is 5.80. The normalized spacial score (nSPS) is 13.9. The van der Waals surface area contributed by atoms with Crippen molar-refractivity contribution in [2.45, 2.75) is 24.4 Å². The van der Waals surface area contributed by atoms with Gasteiger partial charge in [-0.3, -0.25) is 14.2 Å². The van der Waals surface area contributed by atoms with Crippen LogP contribution in [-0.4, -0.2) is 63.6 Å². The van der Waals surface area contributed by atoms with Crippen LogP contribution in [0.5, 0.6) is 0 Å². The van der Waals surface area contributed by atoms with Gasteiger partial charge < -0.3 is 9.80 Å². The third-order valence-corrected chi connectivity index (χ3v) is 6.47. The fourth-order valence-corrected chi connectivity index (χ4v) is 4.52. The molecule has 1 aromatic heterocycles. The zero-order valence-electron chi connectivity index (χ0n) is 18.3. The molecule has 7 heteroatoms. The van der Waals surface area contributed by atoms with E-state index in [0.717, 1.165) is 23.7 Å². The molecule has 2 heterocycles. The van der Waals surface area contributed by atoms with Crippen molar-refractivity contribution in [3.63, 3.8) is 0 Å². The molecule has 0 spiro atoms. The van der Waals surface area contributed by atoms with Gasteiger partial charge in [0.2, 0.25) is 5.91 Å². The second kappa shape index (κ2) is 10.5. The van der Waals surface area contributed by atoms with Crippen LogP contribution < -0.4 is 0 Å². The van der Waals surface area contributed by atoms with Gasteiger partial charge >= 0.3 is 0 Å². The molecule has 1 saturated heterocycles. The number of benzene rings is 2.